The number of aryl methyl sites for hydroxylation is 4. The lowest BCUT2D eigenvalue weighted by Gasteiger charge is -2.15. The summed E-state index contributed by atoms with van der Waals surface area (Å²) >= 11 is 6.13. The second kappa shape index (κ2) is 9.79. The van der Waals surface area contributed by atoms with Crippen molar-refractivity contribution in [3.05, 3.63) is 121 Å². The second-order valence-corrected chi connectivity index (χ2v) is 9.52. The third kappa shape index (κ3) is 4.22. The van der Waals surface area contributed by atoms with Crippen LogP contribution in [-0.4, -0.2) is 24.7 Å². The van der Waals surface area contributed by atoms with Gasteiger partial charge in [-0.2, -0.15) is 5.10 Å². The molecule has 38 heavy (non-hydrogen) atoms. The van der Waals surface area contributed by atoms with Crippen LogP contribution < -0.4 is 16.0 Å². The summed E-state index contributed by atoms with van der Waals surface area (Å²) in [5.74, 6) is 0.0215. The highest BCUT2D eigenvalue weighted by Gasteiger charge is 2.26. The molecule has 2 aromatic heterocycles. The van der Waals surface area contributed by atoms with Gasteiger partial charge in [0.05, 0.1) is 22.3 Å². The highest BCUT2D eigenvalue weighted by atomic mass is 35.5. The summed E-state index contributed by atoms with van der Waals surface area (Å²) < 4.78 is 10.0. The minimum Gasteiger partial charge on any atom is -0.472 e. The number of halogens is 1. The van der Waals surface area contributed by atoms with E-state index in [1.807, 2.05) is 30.3 Å². The first-order valence-corrected chi connectivity index (χ1v) is 12.3. The number of fused-ring (bicyclic) bond motifs is 1. The molecule has 0 fully saturated rings. The molecule has 5 aromatic rings. The van der Waals surface area contributed by atoms with Gasteiger partial charge in [-0.15, -0.1) is 0 Å². The Morgan fingerprint density at radius 2 is 1.71 bits per heavy atom. The summed E-state index contributed by atoms with van der Waals surface area (Å²) in [7, 11) is 3.31. The van der Waals surface area contributed by atoms with Crippen molar-refractivity contribution < 1.29 is 9.53 Å². The number of ether oxygens (including phenoxy) is 1. The van der Waals surface area contributed by atoms with Gasteiger partial charge in [-0.05, 0) is 55.3 Å². The maximum atomic E-state index is 13.9. The van der Waals surface area contributed by atoms with Crippen molar-refractivity contribution in [3.8, 4) is 11.6 Å². The van der Waals surface area contributed by atoms with Gasteiger partial charge in [-0.3, -0.25) is 14.2 Å². The highest BCUT2D eigenvalue weighted by Crippen LogP contribution is 2.28. The van der Waals surface area contributed by atoms with Gasteiger partial charge in [0.25, 0.3) is 5.56 Å². The van der Waals surface area contributed by atoms with E-state index in [4.69, 9.17) is 16.3 Å². The summed E-state index contributed by atoms with van der Waals surface area (Å²) in [6, 6.07) is 19.4. The van der Waals surface area contributed by atoms with Gasteiger partial charge in [-0.1, -0.05) is 48.0 Å². The van der Waals surface area contributed by atoms with Gasteiger partial charge < -0.3 is 4.74 Å². The standard InChI is InChI=1S/C29H25ClN4O4/c1-17-22(26(35)25-18(2)31-33(4)28(25)38-16-19-9-6-5-7-10-19)13-14-23-24(17)27(36)34(29(37)32(23)3)21-12-8-11-20(30)15-21/h5-15H,16H2,1-4H3. The Morgan fingerprint density at radius 1 is 0.974 bits per heavy atom. The Bertz CT molecular complexity index is 1830. The molecule has 0 radical (unpaired) electrons. The molecule has 0 spiro atoms. The number of nitrogens with zero attached hydrogens (tertiary/aromatic N) is 4. The summed E-state index contributed by atoms with van der Waals surface area (Å²) in [6.07, 6.45) is 0. The molecule has 0 bridgehead atoms. The Morgan fingerprint density at radius 3 is 2.42 bits per heavy atom. The van der Waals surface area contributed by atoms with Gasteiger partial charge in [0.2, 0.25) is 11.7 Å². The summed E-state index contributed by atoms with van der Waals surface area (Å²) in [5, 5.41) is 5.08. The van der Waals surface area contributed by atoms with Gasteiger partial charge in [0, 0.05) is 24.7 Å². The van der Waals surface area contributed by atoms with Crippen molar-refractivity contribution in [1.29, 1.82) is 0 Å². The number of carbonyl (C=O) groups excluding carboxylic acids is 1. The zero-order chi connectivity index (χ0) is 27.1. The number of carbonyl (C=O) groups is 1. The van der Waals surface area contributed by atoms with Crippen molar-refractivity contribution in [1.82, 2.24) is 18.9 Å². The van der Waals surface area contributed by atoms with Crippen LogP contribution in [0.5, 0.6) is 5.88 Å². The molecule has 2 heterocycles. The Labute approximate surface area is 223 Å². The number of ketones is 1. The fraction of sp³-hybridized carbons (Fsp3) is 0.172. The van der Waals surface area contributed by atoms with Crippen LogP contribution in [0.25, 0.3) is 16.6 Å². The number of benzene rings is 3. The molecule has 0 N–H and O–H groups in total. The lowest BCUT2D eigenvalue weighted by atomic mass is 9.96. The lowest BCUT2D eigenvalue weighted by Crippen LogP contribution is -2.38. The second-order valence-electron chi connectivity index (χ2n) is 9.09. The SMILES string of the molecule is Cc1nn(C)c(OCc2ccccc2)c1C(=O)c1ccc2c(c1C)c(=O)n(-c1cccc(Cl)c1)c(=O)n2C. The molecule has 0 unspecified atom stereocenters. The highest BCUT2D eigenvalue weighted by molar-refractivity contribution is 6.30. The fourth-order valence-corrected chi connectivity index (χ4v) is 4.90. The summed E-state index contributed by atoms with van der Waals surface area (Å²) in [6.45, 7) is 3.72. The summed E-state index contributed by atoms with van der Waals surface area (Å²) in [4.78, 5) is 40.7. The third-order valence-corrected chi connectivity index (χ3v) is 6.86. The van der Waals surface area contributed by atoms with Crippen molar-refractivity contribution in [2.24, 2.45) is 14.1 Å². The van der Waals surface area contributed by atoms with E-state index in [1.54, 1.807) is 64.3 Å². The number of hydrogen-bond acceptors (Lipinski definition) is 5. The van der Waals surface area contributed by atoms with Crippen molar-refractivity contribution in [3.63, 3.8) is 0 Å². The van der Waals surface area contributed by atoms with Crippen LogP contribution in [0.1, 0.15) is 32.7 Å². The van der Waals surface area contributed by atoms with E-state index in [1.165, 1.54) is 9.25 Å². The minimum absolute atomic E-state index is 0.267. The molecule has 0 aliphatic heterocycles. The minimum atomic E-state index is -0.527. The molecule has 0 atom stereocenters. The van der Waals surface area contributed by atoms with Crippen molar-refractivity contribution in [2.75, 3.05) is 0 Å². The maximum absolute atomic E-state index is 13.9. The largest absolute Gasteiger partial charge is 0.472 e. The molecule has 0 saturated carbocycles. The first kappa shape index (κ1) is 25.2. The molecule has 3 aromatic carbocycles. The Hall–Kier alpha value is -4.43. The zero-order valence-electron chi connectivity index (χ0n) is 21.4. The van der Waals surface area contributed by atoms with Crippen molar-refractivity contribution >= 4 is 28.3 Å². The van der Waals surface area contributed by atoms with E-state index in [0.717, 1.165) is 10.1 Å². The van der Waals surface area contributed by atoms with E-state index in [0.29, 0.717) is 44.5 Å². The van der Waals surface area contributed by atoms with E-state index < -0.39 is 11.2 Å². The maximum Gasteiger partial charge on any atom is 0.335 e. The molecular weight excluding hydrogens is 504 g/mol. The predicted molar refractivity (Wildman–Crippen MR) is 147 cm³/mol. The van der Waals surface area contributed by atoms with Crippen LogP contribution in [-0.2, 0) is 20.7 Å². The van der Waals surface area contributed by atoms with Gasteiger partial charge in [0.1, 0.15) is 12.2 Å². The molecule has 5 rings (SSSR count). The smallest absolute Gasteiger partial charge is 0.335 e. The van der Waals surface area contributed by atoms with Gasteiger partial charge in [0.15, 0.2) is 0 Å². The molecule has 0 aliphatic carbocycles. The lowest BCUT2D eigenvalue weighted by molar-refractivity contribution is 0.103. The quantitative estimate of drug-likeness (QED) is 0.303. The van der Waals surface area contributed by atoms with Crippen LogP contribution in [0.4, 0.5) is 0 Å². The number of hydrogen-bond donors (Lipinski definition) is 0. The number of aromatic nitrogens is 4. The Balaban J connectivity index is 1.65. The topological polar surface area (TPSA) is 88.1 Å². The molecule has 9 heteroatoms. The van der Waals surface area contributed by atoms with Gasteiger partial charge >= 0.3 is 5.69 Å². The molecule has 8 nitrogen and oxygen atoms in total. The first-order valence-electron chi connectivity index (χ1n) is 12.0. The van der Waals surface area contributed by atoms with Crippen LogP contribution in [0, 0.1) is 13.8 Å². The van der Waals surface area contributed by atoms with Crippen LogP contribution in [0.3, 0.4) is 0 Å². The average molecular weight is 529 g/mol. The van der Waals surface area contributed by atoms with Crippen LogP contribution in [0.2, 0.25) is 5.02 Å². The van der Waals surface area contributed by atoms with Crippen LogP contribution >= 0.6 is 11.6 Å². The first-order chi connectivity index (χ1) is 18.2. The van der Waals surface area contributed by atoms with E-state index in [-0.39, 0.29) is 17.8 Å². The normalized spacial score (nSPS) is 11.2. The Kier molecular flexibility index (Phi) is 6.50. The van der Waals surface area contributed by atoms with Gasteiger partial charge in [-0.25, -0.2) is 14.0 Å². The molecule has 0 aliphatic rings. The average Bonchev–Trinajstić information content (AvgIpc) is 3.18. The molecule has 0 saturated heterocycles. The number of rotatable bonds is 6. The molecule has 0 amide bonds. The van der Waals surface area contributed by atoms with E-state index in [9.17, 15) is 14.4 Å². The van der Waals surface area contributed by atoms with E-state index >= 15 is 0 Å². The van der Waals surface area contributed by atoms with E-state index in [2.05, 4.69) is 5.10 Å². The zero-order valence-corrected chi connectivity index (χ0v) is 22.1. The predicted octanol–water partition coefficient (Wildman–Crippen LogP) is 4.50. The monoisotopic (exact) mass is 528 g/mol. The van der Waals surface area contributed by atoms with Crippen LogP contribution in [0.15, 0.2) is 76.3 Å². The molecule has 192 valence electrons. The molecular formula is C29H25ClN4O4. The third-order valence-electron chi connectivity index (χ3n) is 6.63. The fourth-order valence-electron chi connectivity index (χ4n) is 4.71. The summed E-state index contributed by atoms with van der Waals surface area (Å²) in [5.41, 5.74) is 2.31. The van der Waals surface area contributed by atoms with Crippen molar-refractivity contribution in [2.45, 2.75) is 20.5 Å².